The van der Waals surface area contributed by atoms with Crippen molar-refractivity contribution in [2.75, 3.05) is 0 Å². The van der Waals surface area contributed by atoms with E-state index >= 15 is 0 Å². The first-order chi connectivity index (χ1) is 7.77. The minimum absolute atomic E-state index is 0.475. The smallest absolute Gasteiger partial charge is 0.348 e. The van der Waals surface area contributed by atoms with Gasteiger partial charge in [0.1, 0.15) is 6.04 Å². The van der Waals surface area contributed by atoms with E-state index in [1.165, 1.54) is 0 Å². The molecule has 0 aromatic heterocycles. The molecule has 0 spiro atoms. The summed E-state index contributed by atoms with van der Waals surface area (Å²) in [4.78, 5) is 15.3. The van der Waals surface area contributed by atoms with Crippen LogP contribution in [-0.4, -0.2) is 12.0 Å². The van der Waals surface area contributed by atoms with Crippen LogP contribution in [0, 0.1) is 5.53 Å². The molecule has 0 heterocycles. The van der Waals surface area contributed by atoms with E-state index in [1.807, 2.05) is 30.3 Å². The molecule has 0 amide bonds. The van der Waals surface area contributed by atoms with Crippen LogP contribution in [0.3, 0.4) is 0 Å². The van der Waals surface area contributed by atoms with Crippen LogP contribution in [0.1, 0.15) is 12.0 Å². The molecule has 1 rings (SSSR count). The number of nitrogens with two attached hydrogens (primary N) is 1. The van der Waals surface area contributed by atoms with Crippen LogP contribution in [0.25, 0.3) is 0 Å². The maximum atomic E-state index is 11.2. The highest BCUT2D eigenvalue weighted by molar-refractivity contribution is 5.75. The predicted molar refractivity (Wildman–Crippen MR) is 57.1 cm³/mol. The molecule has 1 aromatic rings. The highest BCUT2D eigenvalue weighted by Gasteiger charge is 2.18. The second-order valence-electron chi connectivity index (χ2n) is 3.25. The van der Waals surface area contributed by atoms with Crippen molar-refractivity contribution in [3.63, 3.8) is 0 Å². The molecule has 0 radical (unpaired) electrons. The van der Waals surface area contributed by atoms with E-state index < -0.39 is 12.0 Å². The van der Waals surface area contributed by atoms with Gasteiger partial charge in [0.15, 0.2) is 0 Å². The van der Waals surface area contributed by atoms with E-state index in [2.05, 4.69) is 15.5 Å². The monoisotopic (exact) mass is 222 g/mol. The molecule has 0 saturated carbocycles. The van der Waals surface area contributed by atoms with Crippen LogP contribution in [0.15, 0.2) is 35.6 Å². The minimum Gasteiger partial charge on any atom is -0.372 e. The van der Waals surface area contributed by atoms with Gasteiger partial charge < -0.3 is 4.84 Å². The molecular weight excluding hydrogens is 208 g/mol. The first kappa shape index (κ1) is 12.1. The fourth-order valence-electron chi connectivity index (χ4n) is 1.35. The number of rotatable bonds is 6. The number of benzene rings is 1. The zero-order chi connectivity index (χ0) is 11.8. The van der Waals surface area contributed by atoms with Crippen molar-refractivity contribution >= 4 is 5.97 Å². The second kappa shape index (κ2) is 6.52. The number of carbonyl (C=O) groups excluding carboxylic acids is 1. The van der Waals surface area contributed by atoms with Gasteiger partial charge >= 0.3 is 5.97 Å². The summed E-state index contributed by atoms with van der Waals surface area (Å²) < 4.78 is 0. The van der Waals surface area contributed by atoms with Crippen molar-refractivity contribution in [1.82, 2.24) is 5.43 Å². The van der Waals surface area contributed by atoms with Gasteiger partial charge in [-0.15, -0.1) is 0 Å². The average Bonchev–Trinajstić information content (AvgIpc) is 2.34. The Hall–Kier alpha value is -1.95. The number of hydrogen-bond donors (Lipinski definition) is 3. The molecular formula is C10H14N4O2. The van der Waals surface area contributed by atoms with Gasteiger partial charge in [0, 0.05) is 0 Å². The van der Waals surface area contributed by atoms with Crippen LogP contribution in [0.2, 0.25) is 0 Å². The molecule has 0 unspecified atom stereocenters. The standard InChI is InChI=1S/C10H14N4O2/c11-14-13-9(10(15)16-12)7-6-8-4-2-1-3-5-8/h1-5,9H,6-7,12H2,(H2,11,13)/t9-/m0/s1. The Balaban J connectivity index is 2.50. The molecule has 6 heteroatoms. The van der Waals surface area contributed by atoms with Crippen molar-refractivity contribution in [1.29, 1.82) is 5.53 Å². The number of hydrogen-bond acceptors (Lipinski definition) is 5. The van der Waals surface area contributed by atoms with Crippen LogP contribution in [-0.2, 0) is 16.1 Å². The van der Waals surface area contributed by atoms with E-state index in [4.69, 9.17) is 11.4 Å². The third-order valence-corrected chi connectivity index (χ3v) is 2.19. The summed E-state index contributed by atoms with van der Waals surface area (Å²) >= 11 is 0. The Kier molecular flexibility index (Phi) is 4.94. The normalized spacial score (nSPS) is 11.6. The third-order valence-electron chi connectivity index (χ3n) is 2.19. The summed E-state index contributed by atoms with van der Waals surface area (Å²) in [5.74, 6) is 4.16. The maximum Gasteiger partial charge on any atom is 0.348 e. The summed E-state index contributed by atoms with van der Waals surface area (Å²) in [7, 11) is 0. The fourth-order valence-corrected chi connectivity index (χ4v) is 1.35. The number of carbonyl (C=O) groups is 1. The molecule has 0 bridgehead atoms. The molecule has 0 aliphatic carbocycles. The van der Waals surface area contributed by atoms with Gasteiger partial charge in [-0.1, -0.05) is 35.6 Å². The first-order valence-corrected chi connectivity index (χ1v) is 4.84. The second-order valence-corrected chi connectivity index (χ2v) is 3.25. The van der Waals surface area contributed by atoms with Crippen LogP contribution >= 0.6 is 0 Å². The number of nitrogens with zero attached hydrogens (tertiary/aromatic N) is 1. The SMILES string of the molecule is N=NN[C@@H](CCc1ccccc1)C(=O)ON. The van der Waals surface area contributed by atoms with Gasteiger partial charge in [-0.05, 0) is 18.4 Å². The quantitative estimate of drug-likeness (QED) is 0.492. The van der Waals surface area contributed by atoms with E-state index in [9.17, 15) is 4.79 Å². The number of aryl methyl sites for hydroxylation is 1. The summed E-state index contributed by atoms with van der Waals surface area (Å²) in [5.41, 5.74) is 10.1. The van der Waals surface area contributed by atoms with Crippen molar-refractivity contribution in [3.05, 3.63) is 35.9 Å². The molecule has 4 N–H and O–H groups in total. The molecule has 6 nitrogen and oxygen atoms in total. The summed E-state index contributed by atoms with van der Waals surface area (Å²) in [6.45, 7) is 0. The zero-order valence-electron chi connectivity index (χ0n) is 8.72. The van der Waals surface area contributed by atoms with Gasteiger partial charge in [0.05, 0.1) is 0 Å². The molecule has 16 heavy (non-hydrogen) atoms. The van der Waals surface area contributed by atoms with Crippen LogP contribution in [0.4, 0.5) is 0 Å². The molecule has 1 aromatic carbocycles. The van der Waals surface area contributed by atoms with Crippen molar-refractivity contribution in [2.24, 2.45) is 11.1 Å². The summed E-state index contributed by atoms with van der Waals surface area (Å²) in [5, 5.41) is 2.96. The zero-order valence-corrected chi connectivity index (χ0v) is 8.72. The predicted octanol–water partition coefficient (Wildman–Crippen LogP) is 0.940. The molecule has 0 fully saturated rings. The van der Waals surface area contributed by atoms with Crippen molar-refractivity contribution in [3.8, 4) is 0 Å². The maximum absolute atomic E-state index is 11.2. The molecule has 1 atom stereocenters. The van der Waals surface area contributed by atoms with E-state index in [0.29, 0.717) is 12.8 Å². The van der Waals surface area contributed by atoms with E-state index in [0.717, 1.165) is 5.56 Å². The minimum atomic E-state index is -0.678. The third kappa shape index (κ3) is 3.66. The van der Waals surface area contributed by atoms with Gasteiger partial charge in [-0.2, -0.15) is 11.4 Å². The average molecular weight is 222 g/mol. The fraction of sp³-hybridized carbons (Fsp3) is 0.300. The lowest BCUT2D eigenvalue weighted by atomic mass is 10.1. The lowest BCUT2D eigenvalue weighted by Crippen LogP contribution is -2.36. The topological polar surface area (TPSA) is 101 Å². The molecule has 86 valence electrons. The largest absolute Gasteiger partial charge is 0.372 e. The Morgan fingerprint density at radius 3 is 2.75 bits per heavy atom. The molecule has 0 saturated heterocycles. The van der Waals surface area contributed by atoms with Crippen molar-refractivity contribution in [2.45, 2.75) is 18.9 Å². The van der Waals surface area contributed by atoms with Crippen LogP contribution < -0.4 is 11.3 Å². The summed E-state index contributed by atoms with van der Waals surface area (Å²) in [6, 6.07) is 9.02. The van der Waals surface area contributed by atoms with Crippen LogP contribution in [0.5, 0.6) is 0 Å². The molecule has 0 aliphatic rings. The molecule has 0 aliphatic heterocycles. The van der Waals surface area contributed by atoms with Gasteiger partial charge in [0.2, 0.25) is 0 Å². The summed E-state index contributed by atoms with van der Waals surface area (Å²) in [6.07, 6.45) is 1.16. The van der Waals surface area contributed by atoms with Gasteiger partial charge in [0.25, 0.3) is 0 Å². The highest BCUT2D eigenvalue weighted by Crippen LogP contribution is 2.05. The Morgan fingerprint density at radius 2 is 2.19 bits per heavy atom. The Morgan fingerprint density at radius 1 is 1.50 bits per heavy atom. The first-order valence-electron chi connectivity index (χ1n) is 4.84. The van der Waals surface area contributed by atoms with E-state index in [-0.39, 0.29) is 0 Å². The van der Waals surface area contributed by atoms with Gasteiger partial charge in [-0.25, -0.2) is 4.79 Å². The highest BCUT2D eigenvalue weighted by atomic mass is 16.7. The van der Waals surface area contributed by atoms with Crippen molar-refractivity contribution < 1.29 is 9.63 Å². The van der Waals surface area contributed by atoms with Gasteiger partial charge in [-0.3, -0.25) is 5.43 Å². The Bertz CT molecular complexity index is 342. The lowest BCUT2D eigenvalue weighted by Gasteiger charge is -2.12. The Labute approximate surface area is 93.2 Å². The number of nitrogens with one attached hydrogen (secondary N) is 2. The van der Waals surface area contributed by atoms with E-state index in [1.54, 1.807) is 0 Å². The lowest BCUT2D eigenvalue weighted by molar-refractivity contribution is -0.147.